The third kappa shape index (κ3) is 2.72. The molecule has 5 heteroatoms. The van der Waals surface area contributed by atoms with Crippen molar-refractivity contribution in [2.75, 3.05) is 13.2 Å². The normalized spacial score (nSPS) is 10.6. The number of hydrogen-bond donors (Lipinski definition) is 0. The molecular formula is C13H15BrN2O2. The van der Waals surface area contributed by atoms with Gasteiger partial charge in [-0.2, -0.15) is 0 Å². The number of nitrogens with zero attached hydrogens (tertiary/aromatic N) is 2. The van der Waals surface area contributed by atoms with Gasteiger partial charge in [-0.3, -0.25) is 0 Å². The molecule has 0 amide bonds. The fraction of sp³-hybridized carbons (Fsp3) is 0.385. The number of halogens is 1. The van der Waals surface area contributed by atoms with Crippen LogP contribution in [0, 0.1) is 0 Å². The van der Waals surface area contributed by atoms with Crippen molar-refractivity contribution in [3.63, 3.8) is 0 Å². The number of benzene rings is 1. The van der Waals surface area contributed by atoms with Crippen LogP contribution in [0.15, 0.2) is 18.2 Å². The van der Waals surface area contributed by atoms with Crippen LogP contribution in [-0.4, -0.2) is 23.2 Å². The first-order chi connectivity index (χ1) is 8.78. The number of alkyl halides is 1. The molecule has 0 N–H and O–H groups in total. The van der Waals surface area contributed by atoms with Crippen molar-refractivity contribution in [3.8, 4) is 11.8 Å². The van der Waals surface area contributed by atoms with Crippen LogP contribution in [0.2, 0.25) is 0 Å². The minimum absolute atomic E-state index is 0.457. The van der Waals surface area contributed by atoms with Crippen LogP contribution in [-0.2, 0) is 5.33 Å². The molecule has 1 aromatic heterocycles. The zero-order chi connectivity index (χ0) is 13.0. The standard InChI is InChI=1S/C13H15BrN2O2/c1-3-17-12-13(18-4-2)16-11-7-9(8-14)5-6-10(11)15-12/h5-7H,3-4,8H2,1-2H3. The molecule has 0 bridgehead atoms. The van der Waals surface area contributed by atoms with E-state index in [0.717, 1.165) is 21.9 Å². The van der Waals surface area contributed by atoms with E-state index in [1.54, 1.807) is 0 Å². The minimum atomic E-state index is 0.457. The molecule has 18 heavy (non-hydrogen) atoms. The summed E-state index contributed by atoms with van der Waals surface area (Å²) in [6, 6.07) is 5.95. The van der Waals surface area contributed by atoms with E-state index in [4.69, 9.17) is 9.47 Å². The second kappa shape index (κ2) is 6.00. The molecule has 96 valence electrons. The first-order valence-electron chi connectivity index (χ1n) is 5.90. The lowest BCUT2D eigenvalue weighted by atomic mass is 10.2. The zero-order valence-electron chi connectivity index (χ0n) is 10.4. The lowest BCUT2D eigenvalue weighted by Crippen LogP contribution is -2.03. The second-order valence-electron chi connectivity index (χ2n) is 3.66. The lowest BCUT2D eigenvalue weighted by Gasteiger charge is -2.10. The van der Waals surface area contributed by atoms with Crippen LogP contribution >= 0.6 is 15.9 Å². The Hall–Kier alpha value is -1.36. The van der Waals surface area contributed by atoms with E-state index < -0.39 is 0 Å². The Balaban J connectivity index is 2.52. The van der Waals surface area contributed by atoms with Gasteiger partial charge in [0.25, 0.3) is 11.8 Å². The molecule has 0 aliphatic heterocycles. The molecule has 0 radical (unpaired) electrons. The van der Waals surface area contributed by atoms with Crippen LogP contribution in [0.5, 0.6) is 11.8 Å². The topological polar surface area (TPSA) is 44.2 Å². The van der Waals surface area contributed by atoms with E-state index in [1.807, 2.05) is 32.0 Å². The van der Waals surface area contributed by atoms with E-state index in [0.29, 0.717) is 25.0 Å². The average Bonchev–Trinajstić information content (AvgIpc) is 2.39. The lowest BCUT2D eigenvalue weighted by molar-refractivity contribution is 0.271. The molecule has 2 aromatic rings. The molecule has 0 saturated carbocycles. The molecule has 0 spiro atoms. The Morgan fingerprint density at radius 1 is 1.00 bits per heavy atom. The highest BCUT2D eigenvalue weighted by Crippen LogP contribution is 2.26. The number of ether oxygens (including phenoxy) is 2. The summed E-state index contributed by atoms with van der Waals surface area (Å²) in [5.41, 5.74) is 2.79. The second-order valence-corrected chi connectivity index (χ2v) is 4.22. The van der Waals surface area contributed by atoms with Crippen molar-refractivity contribution in [2.24, 2.45) is 0 Å². The van der Waals surface area contributed by atoms with Crippen molar-refractivity contribution in [2.45, 2.75) is 19.2 Å². The van der Waals surface area contributed by atoms with Crippen LogP contribution in [0.4, 0.5) is 0 Å². The summed E-state index contributed by atoms with van der Waals surface area (Å²) in [5, 5.41) is 0.793. The number of hydrogen-bond acceptors (Lipinski definition) is 4. The predicted molar refractivity (Wildman–Crippen MR) is 74.5 cm³/mol. The molecule has 0 aliphatic carbocycles. The minimum Gasteiger partial charge on any atom is -0.474 e. The summed E-state index contributed by atoms with van der Waals surface area (Å²) in [4.78, 5) is 8.90. The maximum absolute atomic E-state index is 5.46. The van der Waals surface area contributed by atoms with E-state index >= 15 is 0 Å². The van der Waals surface area contributed by atoms with E-state index in [9.17, 15) is 0 Å². The summed E-state index contributed by atoms with van der Waals surface area (Å²) in [5.74, 6) is 0.914. The molecule has 2 rings (SSSR count). The van der Waals surface area contributed by atoms with Gasteiger partial charge in [0.2, 0.25) is 0 Å². The first-order valence-corrected chi connectivity index (χ1v) is 7.02. The fourth-order valence-electron chi connectivity index (χ4n) is 1.61. The Labute approximate surface area is 114 Å². The first kappa shape index (κ1) is 13.1. The zero-order valence-corrected chi connectivity index (χ0v) is 12.0. The predicted octanol–water partition coefficient (Wildman–Crippen LogP) is 3.32. The highest BCUT2D eigenvalue weighted by atomic mass is 79.9. The molecule has 0 fully saturated rings. The van der Waals surface area contributed by atoms with Gasteiger partial charge in [0.05, 0.1) is 24.2 Å². The van der Waals surface area contributed by atoms with Crippen LogP contribution < -0.4 is 9.47 Å². The molecular weight excluding hydrogens is 296 g/mol. The smallest absolute Gasteiger partial charge is 0.278 e. The SMILES string of the molecule is CCOc1nc2ccc(CBr)cc2nc1OCC. The van der Waals surface area contributed by atoms with Gasteiger partial charge in [-0.15, -0.1) is 0 Å². The Morgan fingerprint density at radius 3 is 2.17 bits per heavy atom. The third-order valence-electron chi connectivity index (χ3n) is 2.38. The Morgan fingerprint density at radius 2 is 1.61 bits per heavy atom. The van der Waals surface area contributed by atoms with E-state index in [2.05, 4.69) is 25.9 Å². The number of fused-ring (bicyclic) bond motifs is 1. The Bertz CT molecular complexity index is 546. The number of aromatic nitrogens is 2. The summed E-state index contributed by atoms with van der Waals surface area (Å²) in [6.07, 6.45) is 0. The maximum atomic E-state index is 5.46. The molecule has 1 heterocycles. The maximum Gasteiger partial charge on any atom is 0.278 e. The molecule has 0 aliphatic rings. The van der Waals surface area contributed by atoms with Gasteiger partial charge in [0.1, 0.15) is 0 Å². The third-order valence-corrected chi connectivity index (χ3v) is 3.03. The van der Waals surface area contributed by atoms with Gasteiger partial charge >= 0.3 is 0 Å². The summed E-state index contributed by atoms with van der Waals surface area (Å²) < 4.78 is 10.9. The quantitative estimate of drug-likeness (QED) is 0.795. The molecule has 0 atom stereocenters. The van der Waals surface area contributed by atoms with Crippen LogP contribution in [0.25, 0.3) is 11.0 Å². The van der Waals surface area contributed by atoms with Crippen molar-refractivity contribution in [1.82, 2.24) is 9.97 Å². The van der Waals surface area contributed by atoms with Crippen molar-refractivity contribution < 1.29 is 9.47 Å². The van der Waals surface area contributed by atoms with E-state index in [-0.39, 0.29) is 0 Å². The summed E-state index contributed by atoms with van der Waals surface area (Å²) >= 11 is 3.43. The molecule has 0 unspecified atom stereocenters. The van der Waals surface area contributed by atoms with Crippen LogP contribution in [0.3, 0.4) is 0 Å². The summed E-state index contributed by atoms with van der Waals surface area (Å²) in [6.45, 7) is 4.91. The van der Waals surface area contributed by atoms with Gasteiger partial charge in [-0.25, -0.2) is 9.97 Å². The van der Waals surface area contributed by atoms with Gasteiger partial charge in [-0.1, -0.05) is 22.0 Å². The average molecular weight is 311 g/mol. The van der Waals surface area contributed by atoms with Crippen molar-refractivity contribution in [1.29, 1.82) is 0 Å². The molecule has 4 nitrogen and oxygen atoms in total. The number of rotatable bonds is 5. The highest BCUT2D eigenvalue weighted by Gasteiger charge is 2.11. The van der Waals surface area contributed by atoms with Gasteiger partial charge in [-0.05, 0) is 31.5 Å². The monoisotopic (exact) mass is 310 g/mol. The molecule has 1 aromatic carbocycles. The van der Waals surface area contributed by atoms with Gasteiger partial charge in [0.15, 0.2) is 0 Å². The fourth-order valence-corrected chi connectivity index (χ4v) is 1.96. The van der Waals surface area contributed by atoms with Gasteiger partial charge < -0.3 is 9.47 Å². The van der Waals surface area contributed by atoms with E-state index in [1.165, 1.54) is 0 Å². The Kier molecular flexibility index (Phi) is 4.36. The highest BCUT2D eigenvalue weighted by molar-refractivity contribution is 9.08. The largest absolute Gasteiger partial charge is 0.474 e. The van der Waals surface area contributed by atoms with Crippen molar-refractivity contribution >= 4 is 27.0 Å². The van der Waals surface area contributed by atoms with Crippen molar-refractivity contribution in [3.05, 3.63) is 23.8 Å². The molecule has 0 saturated heterocycles. The van der Waals surface area contributed by atoms with Crippen LogP contribution in [0.1, 0.15) is 19.4 Å². The summed E-state index contributed by atoms with van der Waals surface area (Å²) in [7, 11) is 0. The van der Waals surface area contributed by atoms with Gasteiger partial charge in [0, 0.05) is 5.33 Å².